The summed E-state index contributed by atoms with van der Waals surface area (Å²) in [6.45, 7) is 1.78. The van der Waals surface area contributed by atoms with Crippen molar-refractivity contribution in [1.29, 1.82) is 0 Å². The van der Waals surface area contributed by atoms with Gasteiger partial charge in [-0.1, -0.05) is 17.7 Å². The van der Waals surface area contributed by atoms with Crippen molar-refractivity contribution in [2.75, 3.05) is 5.32 Å². The van der Waals surface area contributed by atoms with Gasteiger partial charge < -0.3 is 5.32 Å². The summed E-state index contributed by atoms with van der Waals surface area (Å²) in [5.41, 5.74) is 1.42. The second kappa shape index (κ2) is 4.78. The molecule has 0 aliphatic heterocycles. The molecule has 1 amide bonds. The number of halogens is 2. The first-order valence-corrected chi connectivity index (χ1v) is 5.62. The van der Waals surface area contributed by atoms with Gasteiger partial charge in [-0.15, -0.1) is 0 Å². The lowest BCUT2D eigenvalue weighted by atomic mass is 10.2. The van der Waals surface area contributed by atoms with Crippen LogP contribution in [-0.2, 0) is 7.05 Å². The standard InChI is InChI=1S/C12H11ClFN3O/c1-7-3-4-8(14)5-10(7)16-12(18)11-9(13)6-15-17(11)2/h3-6H,1-2H3,(H,16,18). The average molecular weight is 268 g/mol. The van der Waals surface area contributed by atoms with Crippen LogP contribution in [0.2, 0.25) is 5.02 Å². The minimum Gasteiger partial charge on any atom is -0.320 e. The van der Waals surface area contributed by atoms with E-state index in [0.29, 0.717) is 5.69 Å². The molecule has 18 heavy (non-hydrogen) atoms. The van der Waals surface area contributed by atoms with Gasteiger partial charge in [0, 0.05) is 12.7 Å². The fourth-order valence-electron chi connectivity index (χ4n) is 1.58. The summed E-state index contributed by atoms with van der Waals surface area (Å²) in [5, 5.41) is 6.73. The van der Waals surface area contributed by atoms with E-state index >= 15 is 0 Å². The molecule has 0 saturated heterocycles. The molecule has 2 aromatic rings. The van der Waals surface area contributed by atoms with Gasteiger partial charge >= 0.3 is 0 Å². The number of aromatic nitrogens is 2. The van der Waals surface area contributed by atoms with Gasteiger partial charge in [0.15, 0.2) is 0 Å². The van der Waals surface area contributed by atoms with Gasteiger partial charge in [-0.25, -0.2) is 4.39 Å². The van der Waals surface area contributed by atoms with Crippen molar-refractivity contribution in [3.8, 4) is 0 Å². The zero-order valence-corrected chi connectivity index (χ0v) is 10.6. The molecule has 1 N–H and O–H groups in total. The molecule has 4 nitrogen and oxygen atoms in total. The van der Waals surface area contributed by atoms with E-state index in [1.54, 1.807) is 20.0 Å². The molecule has 6 heteroatoms. The Morgan fingerprint density at radius 2 is 2.22 bits per heavy atom. The summed E-state index contributed by atoms with van der Waals surface area (Å²) in [6.07, 6.45) is 1.38. The molecule has 1 aromatic heterocycles. The van der Waals surface area contributed by atoms with Gasteiger partial charge in [-0.3, -0.25) is 9.48 Å². The number of carbonyl (C=O) groups excluding carboxylic acids is 1. The topological polar surface area (TPSA) is 46.9 Å². The fraction of sp³-hybridized carbons (Fsp3) is 0.167. The molecule has 0 radical (unpaired) electrons. The van der Waals surface area contributed by atoms with Crippen LogP contribution >= 0.6 is 11.6 Å². The Morgan fingerprint density at radius 1 is 1.50 bits per heavy atom. The molecule has 94 valence electrons. The number of rotatable bonds is 2. The van der Waals surface area contributed by atoms with Crippen LogP contribution in [0.4, 0.5) is 10.1 Å². The largest absolute Gasteiger partial charge is 0.320 e. The van der Waals surface area contributed by atoms with Gasteiger partial charge in [0.05, 0.1) is 11.2 Å². The highest BCUT2D eigenvalue weighted by Gasteiger charge is 2.16. The number of nitrogens with one attached hydrogen (secondary N) is 1. The van der Waals surface area contributed by atoms with E-state index in [1.165, 1.54) is 23.0 Å². The van der Waals surface area contributed by atoms with Gasteiger partial charge in [-0.05, 0) is 24.6 Å². The zero-order chi connectivity index (χ0) is 13.3. The molecule has 0 saturated carbocycles. The summed E-state index contributed by atoms with van der Waals surface area (Å²) in [6, 6.07) is 4.19. The molecule has 2 rings (SSSR count). The van der Waals surface area contributed by atoms with Crippen LogP contribution in [0.5, 0.6) is 0 Å². The van der Waals surface area contributed by atoms with Crippen LogP contribution in [0.15, 0.2) is 24.4 Å². The first-order valence-electron chi connectivity index (χ1n) is 5.24. The number of hydrogen-bond donors (Lipinski definition) is 1. The van der Waals surface area contributed by atoms with Crippen LogP contribution < -0.4 is 5.32 Å². The third kappa shape index (κ3) is 2.36. The highest BCUT2D eigenvalue weighted by Crippen LogP contribution is 2.19. The quantitative estimate of drug-likeness (QED) is 0.909. The van der Waals surface area contributed by atoms with Gasteiger partial charge in [0.2, 0.25) is 0 Å². The first kappa shape index (κ1) is 12.6. The van der Waals surface area contributed by atoms with E-state index < -0.39 is 11.7 Å². The normalized spacial score (nSPS) is 10.4. The molecule has 0 fully saturated rings. The molecule has 1 heterocycles. The summed E-state index contributed by atoms with van der Waals surface area (Å²) >= 11 is 5.86. The molecule has 0 bridgehead atoms. The number of benzene rings is 1. The maximum absolute atomic E-state index is 13.1. The van der Waals surface area contributed by atoms with Crippen molar-refractivity contribution in [2.45, 2.75) is 6.92 Å². The number of aryl methyl sites for hydroxylation is 2. The van der Waals surface area contributed by atoms with Gasteiger partial charge in [-0.2, -0.15) is 5.10 Å². The highest BCUT2D eigenvalue weighted by atomic mass is 35.5. The third-order valence-electron chi connectivity index (χ3n) is 2.56. The number of carbonyl (C=O) groups is 1. The summed E-state index contributed by atoms with van der Waals surface area (Å²) < 4.78 is 14.5. The van der Waals surface area contributed by atoms with Crippen molar-refractivity contribution in [3.05, 3.63) is 46.5 Å². The molecule has 1 aromatic carbocycles. The molecule has 0 unspecified atom stereocenters. The van der Waals surface area contributed by atoms with E-state index in [1.807, 2.05) is 0 Å². The molecule has 0 aliphatic carbocycles. The maximum atomic E-state index is 13.1. The summed E-state index contributed by atoms with van der Waals surface area (Å²) in [7, 11) is 1.61. The van der Waals surface area contributed by atoms with Crippen molar-refractivity contribution < 1.29 is 9.18 Å². The summed E-state index contributed by atoms with van der Waals surface area (Å²) in [5.74, 6) is -0.833. The lowest BCUT2D eigenvalue weighted by molar-refractivity contribution is 0.101. The Bertz CT molecular complexity index is 590. The minimum absolute atomic E-state index is 0.236. The van der Waals surface area contributed by atoms with E-state index in [2.05, 4.69) is 10.4 Å². The van der Waals surface area contributed by atoms with Gasteiger partial charge in [0.25, 0.3) is 5.91 Å². The van der Waals surface area contributed by atoms with Crippen molar-refractivity contribution in [1.82, 2.24) is 9.78 Å². The van der Waals surface area contributed by atoms with Crippen LogP contribution in [0.3, 0.4) is 0 Å². The molecular formula is C12H11ClFN3O. The Labute approximate surface area is 108 Å². The molecular weight excluding hydrogens is 257 g/mol. The smallest absolute Gasteiger partial charge is 0.275 e. The van der Waals surface area contributed by atoms with Crippen molar-refractivity contribution >= 4 is 23.2 Å². The summed E-state index contributed by atoms with van der Waals surface area (Å²) in [4.78, 5) is 12.0. The van der Waals surface area contributed by atoms with Crippen molar-refractivity contribution in [2.24, 2.45) is 7.05 Å². The molecule has 0 spiro atoms. The Kier molecular flexibility index (Phi) is 3.34. The number of amides is 1. The second-order valence-corrected chi connectivity index (χ2v) is 4.29. The fourth-order valence-corrected chi connectivity index (χ4v) is 1.83. The van der Waals surface area contributed by atoms with E-state index in [4.69, 9.17) is 11.6 Å². The zero-order valence-electron chi connectivity index (χ0n) is 9.87. The van der Waals surface area contributed by atoms with E-state index in [9.17, 15) is 9.18 Å². The van der Waals surface area contributed by atoms with E-state index in [-0.39, 0.29) is 10.7 Å². The molecule has 0 aliphatic rings. The SMILES string of the molecule is Cc1ccc(F)cc1NC(=O)c1c(Cl)cnn1C. The minimum atomic E-state index is -0.423. The monoisotopic (exact) mass is 267 g/mol. The maximum Gasteiger partial charge on any atom is 0.275 e. The second-order valence-electron chi connectivity index (χ2n) is 3.88. The Balaban J connectivity index is 2.30. The van der Waals surface area contributed by atoms with Crippen LogP contribution in [-0.4, -0.2) is 15.7 Å². The predicted octanol–water partition coefficient (Wildman–Crippen LogP) is 2.77. The first-order chi connectivity index (χ1) is 8.49. The lowest BCUT2D eigenvalue weighted by Crippen LogP contribution is -2.17. The highest BCUT2D eigenvalue weighted by molar-refractivity contribution is 6.34. The lowest BCUT2D eigenvalue weighted by Gasteiger charge is -2.08. The van der Waals surface area contributed by atoms with Crippen LogP contribution in [0, 0.1) is 12.7 Å². The number of anilines is 1. The van der Waals surface area contributed by atoms with Crippen LogP contribution in [0.1, 0.15) is 16.1 Å². The van der Waals surface area contributed by atoms with Gasteiger partial charge in [0.1, 0.15) is 11.5 Å². The number of hydrogen-bond acceptors (Lipinski definition) is 2. The molecule has 0 atom stereocenters. The number of nitrogens with zero attached hydrogens (tertiary/aromatic N) is 2. The third-order valence-corrected chi connectivity index (χ3v) is 2.83. The van der Waals surface area contributed by atoms with Crippen LogP contribution in [0.25, 0.3) is 0 Å². The van der Waals surface area contributed by atoms with E-state index in [0.717, 1.165) is 5.56 Å². The average Bonchev–Trinajstić information content (AvgIpc) is 2.63. The Morgan fingerprint density at radius 3 is 2.83 bits per heavy atom. The predicted molar refractivity (Wildman–Crippen MR) is 67.3 cm³/mol. The van der Waals surface area contributed by atoms with Crippen molar-refractivity contribution in [3.63, 3.8) is 0 Å². The Hall–Kier alpha value is -1.88.